The third-order valence-electron chi connectivity index (χ3n) is 2.69. The number of hydrogen-bond donors (Lipinski definition) is 1. The van der Waals surface area contributed by atoms with Crippen LogP contribution in [0.4, 0.5) is 5.69 Å². The lowest BCUT2D eigenvalue weighted by molar-refractivity contribution is 0.0602. The number of amides is 1. The molecule has 0 fully saturated rings. The Hall–Kier alpha value is -2.34. The SMILES string of the molecule is COC(=O)c1ccccc1NC(=O)c1c(Cl)cnn1C. The van der Waals surface area contributed by atoms with Gasteiger partial charge in [-0.05, 0) is 12.1 Å². The van der Waals surface area contributed by atoms with Gasteiger partial charge >= 0.3 is 5.97 Å². The Morgan fingerprint density at radius 1 is 1.35 bits per heavy atom. The second-order valence-corrected chi connectivity index (χ2v) is 4.36. The fourth-order valence-corrected chi connectivity index (χ4v) is 1.98. The number of halogens is 1. The van der Waals surface area contributed by atoms with Crippen molar-refractivity contribution in [2.75, 3.05) is 12.4 Å². The summed E-state index contributed by atoms with van der Waals surface area (Å²) in [5.74, 6) is -0.983. The monoisotopic (exact) mass is 293 g/mol. The molecule has 0 aliphatic heterocycles. The van der Waals surface area contributed by atoms with Gasteiger partial charge in [-0.2, -0.15) is 5.10 Å². The van der Waals surface area contributed by atoms with Crippen LogP contribution in [0.3, 0.4) is 0 Å². The highest BCUT2D eigenvalue weighted by Crippen LogP contribution is 2.19. The van der Waals surface area contributed by atoms with Crippen molar-refractivity contribution in [1.82, 2.24) is 9.78 Å². The maximum atomic E-state index is 12.2. The third kappa shape index (κ3) is 2.65. The summed E-state index contributed by atoms with van der Waals surface area (Å²) >= 11 is 5.90. The van der Waals surface area contributed by atoms with E-state index in [0.29, 0.717) is 5.69 Å². The fraction of sp³-hybridized carbons (Fsp3) is 0.154. The molecule has 1 amide bonds. The molecule has 6 nitrogen and oxygen atoms in total. The normalized spacial score (nSPS) is 10.2. The first-order valence-electron chi connectivity index (χ1n) is 5.70. The Morgan fingerprint density at radius 3 is 2.65 bits per heavy atom. The van der Waals surface area contributed by atoms with E-state index in [-0.39, 0.29) is 16.3 Å². The summed E-state index contributed by atoms with van der Waals surface area (Å²) in [4.78, 5) is 23.8. The molecule has 0 saturated heterocycles. The van der Waals surface area contributed by atoms with Crippen molar-refractivity contribution >= 4 is 29.2 Å². The van der Waals surface area contributed by atoms with Crippen LogP contribution in [0.2, 0.25) is 5.02 Å². The standard InChI is InChI=1S/C13H12ClN3O3/c1-17-11(9(14)7-15-17)12(18)16-10-6-4-3-5-8(10)13(19)20-2/h3-7H,1-2H3,(H,16,18). The zero-order valence-electron chi connectivity index (χ0n) is 10.9. The Labute approximate surface area is 120 Å². The van der Waals surface area contributed by atoms with Crippen LogP contribution in [0.5, 0.6) is 0 Å². The van der Waals surface area contributed by atoms with Gasteiger partial charge in [0.1, 0.15) is 5.69 Å². The number of nitrogens with zero attached hydrogens (tertiary/aromatic N) is 2. The first kappa shape index (κ1) is 14.1. The molecule has 0 aliphatic carbocycles. The fourth-order valence-electron chi connectivity index (χ4n) is 1.73. The number of methoxy groups -OCH3 is 1. The molecular formula is C13H12ClN3O3. The predicted octanol–water partition coefficient (Wildman–Crippen LogP) is 2.11. The Kier molecular flexibility index (Phi) is 4.05. The number of hydrogen-bond acceptors (Lipinski definition) is 4. The molecule has 1 N–H and O–H groups in total. The van der Waals surface area contributed by atoms with E-state index in [9.17, 15) is 9.59 Å². The smallest absolute Gasteiger partial charge is 0.339 e. The number of esters is 1. The molecule has 0 bridgehead atoms. The highest BCUT2D eigenvalue weighted by Gasteiger charge is 2.18. The minimum absolute atomic E-state index is 0.214. The number of rotatable bonds is 3. The summed E-state index contributed by atoms with van der Waals surface area (Å²) < 4.78 is 6.02. The highest BCUT2D eigenvalue weighted by atomic mass is 35.5. The predicted molar refractivity (Wildman–Crippen MR) is 74.0 cm³/mol. The second-order valence-electron chi connectivity index (χ2n) is 3.96. The number of para-hydroxylation sites is 1. The van der Waals surface area contributed by atoms with Gasteiger partial charge in [-0.1, -0.05) is 23.7 Å². The number of benzene rings is 1. The molecule has 0 aliphatic rings. The second kappa shape index (κ2) is 5.75. The molecule has 1 aromatic carbocycles. The lowest BCUT2D eigenvalue weighted by Gasteiger charge is -2.09. The van der Waals surface area contributed by atoms with E-state index >= 15 is 0 Å². The van der Waals surface area contributed by atoms with Gasteiger partial charge in [-0.3, -0.25) is 9.48 Å². The number of nitrogens with one attached hydrogen (secondary N) is 1. The third-order valence-corrected chi connectivity index (χ3v) is 2.97. The van der Waals surface area contributed by atoms with Crippen LogP contribution in [0.25, 0.3) is 0 Å². The molecular weight excluding hydrogens is 282 g/mol. The van der Waals surface area contributed by atoms with E-state index in [4.69, 9.17) is 11.6 Å². The molecule has 1 aromatic heterocycles. The number of aryl methyl sites for hydroxylation is 1. The lowest BCUT2D eigenvalue weighted by atomic mass is 10.1. The van der Waals surface area contributed by atoms with Gasteiger partial charge in [0.2, 0.25) is 0 Å². The Morgan fingerprint density at radius 2 is 2.05 bits per heavy atom. The van der Waals surface area contributed by atoms with Gasteiger partial charge < -0.3 is 10.1 Å². The molecule has 0 radical (unpaired) electrons. The number of carbonyl (C=O) groups is 2. The van der Waals surface area contributed by atoms with Crippen LogP contribution in [0.15, 0.2) is 30.5 Å². The van der Waals surface area contributed by atoms with Gasteiger partial charge in [0.15, 0.2) is 0 Å². The van der Waals surface area contributed by atoms with E-state index < -0.39 is 11.9 Å². The van der Waals surface area contributed by atoms with Crippen LogP contribution in [-0.2, 0) is 11.8 Å². The summed E-state index contributed by atoms with van der Waals surface area (Å²) in [6.45, 7) is 0. The topological polar surface area (TPSA) is 73.2 Å². The first-order valence-corrected chi connectivity index (χ1v) is 6.08. The molecule has 1 heterocycles. The molecule has 7 heteroatoms. The van der Waals surface area contributed by atoms with Gasteiger partial charge in [0, 0.05) is 7.05 Å². The average Bonchev–Trinajstić information content (AvgIpc) is 2.78. The van der Waals surface area contributed by atoms with Crippen LogP contribution < -0.4 is 5.32 Å². The van der Waals surface area contributed by atoms with Crippen LogP contribution in [0.1, 0.15) is 20.8 Å². The van der Waals surface area contributed by atoms with Crippen LogP contribution >= 0.6 is 11.6 Å². The van der Waals surface area contributed by atoms with Crippen molar-refractivity contribution in [2.24, 2.45) is 7.05 Å². The van der Waals surface area contributed by atoms with Crippen molar-refractivity contribution in [3.63, 3.8) is 0 Å². The number of ether oxygens (including phenoxy) is 1. The van der Waals surface area contributed by atoms with Crippen molar-refractivity contribution in [3.8, 4) is 0 Å². The van der Waals surface area contributed by atoms with E-state index in [1.54, 1.807) is 31.3 Å². The summed E-state index contributed by atoms with van der Waals surface area (Å²) in [6, 6.07) is 6.55. The number of anilines is 1. The summed E-state index contributed by atoms with van der Waals surface area (Å²) in [5.41, 5.74) is 0.828. The van der Waals surface area contributed by atoms with Gasteiger partial charge in [0.05, 0.1) is 29.6 Å². The van der Waals surface area contributed by atoms with Crippen molar-refractivity contribution in [2.45, 2.75) is 0 Å². The molecule has 0 saturated carbocycles. The number of aromatic nitrogens is 2. The van der Waals surface area contributed by atoms with Crippen molar-refractivity contribution in [3.05, 3.63) is 46.7 Å². The van der Waals surface area contributed by atoms with E-state index in [1.807, 2.05) is 0 Å². The molecule has 2 rings (SSSR count). The molecule has 2 aromatic rings. The van der Waals surface area contributed by atoms with Crippen molar-refractivity contribution in [1.29, 1.82) is 0 Å². The summed E-state index contributed by atoms with van der Waals surface area (Å²) in [5, 5.41) is 6.75. The van der Waals surface area contributed by atoms with Gasteiger partial charge in [-0.15, -0.1) is 0 Å². The zero-order chi connectivity index (χ0) is 14.7. The maximum Gasteiger partial charge on any atom is 0.339 e. The molecule has 0 atom stereocenters. The minimum atomic E-state index is -0.531. The first-order chi connectivity index (χ1) is 9.54. The Balaban J connectivity index is 2.31. The molecule has 0 unspecified atom stereocenters. The minimum Gasteiger partial charge on any atom is -0.465 e. The largest absolute Gasteiger partial charge is 0.465 e. The Bertz CT molecular complexity index is 647. The lowest BCUT2D eigenvalue weighted by Crippen LogP contribution is -2.18. The summed E-state index contributed by atoms with van der Waals surface area (Å²) in [6.07, 6.45) is 1.38. The van der Waals surface area contributed by atoms with E-state index in [1.165, 1.54) is 18.0 Å². The zero-order valence-corrected chi connectivity index (χ0v) is 11.6. The maximum absolute atomic E-state index is 12.2. The van der Waals surface area contributed by atoms with Crippen LogP contribution in [0, 0.1) is 0 Å². The average molecular weight is 294 g/mol. The van der Waals surface area contributed by atoms with Gasteiger partial charge in [0.25, 0.3) is 5.91 Å². The summed E-state index contributed by atoms with van der Waals surface area (Å²) in [7, 11) is 2.88. The highest BCUT2D eigenvalue weighted by molar-refractivity contribution is 6.34. The van der Waals surface area contributed by atoms with Gasteiger partial charge in [-0.25, -0.2) is 4.79 Å². The number of carbonyl (C=O) groups excluding carboxylic acids is 2. The van der Waals surface area contributed by atoms with Crippen molar-refractivity contribution < 1.29 is 14.3 Å². The molecule has 0 spiro atoms. The molecule has 104 valence electrons. The van der Waals surface area contributed by atoms with E-state index in [0.717, 1.165) is 0 Å². The van der Waals surface area contributed by atoms with Crippen LogP contribution in [-0.4, -0.2) is 28.8 Å². The van der Waals surface area contributed by atoms with E-state index in [2.05, 4.69) is 15.2 Å². The quantitative estimate of drug-likeness (QED) is 0.880. The molecule has 20 heavy (non-hydrogen) atoms.